The standard InChI is InChI=1S/C17H19FN6/c18-12-5-3-11(4-6-12)14-7-8-15(21-13-2-1-9-20-10-13)24-16(14)22-17(19)23-24/h3-8,13,20-21H,1-2,9-10H2,(H2,19,23). The van der Waals surface area contributed by atoms with Crippen LogP contribution in [-0.2, 0) is 0 Å². The molecule has 1 aliphatic heterocycles. The number of hydrogen-bond donors (Lipinski definition) is 3. The summed E-state index contributed by atoms with van der Waals surface area (Å²) < 4.78 is 14.9. The lowest BCUT2D eigenvalue weighted by atomic mass is 10.1. The maximum absolute atomic E-state index is 13.2. The van der Waals surface area contributed by atoms with Crippen molar-refractivity contribution >= 4 is 17.4 Å². The quantitative estimate of drug-likeness (QED) is 0.688. The van der Waals surface area contributed by atoms with Gasteiger partial charge in [-0.05, 0) is 49.2 Å². The molecule has 24 heavy (non-hydrogen) atoms. The van der Waals surface area contributed by atoms with Crippen LogP contribution < -0.4 is 16.4 Å². The van der Waals surface area contributed by atoms with Gasteiger partial charge in [0.1, 0.15) is 11.6 Å². The lowest BCUT2D eigenvalue weighted by molar-refractivity contribution is 0.478. The Kier molecular flexibility index (Phi) is 3.78. The fourth-order valence-corrected chi connectivity index (χ4v) is 3.13. The zero-order chi connectivity index (χ0) is 16.5. The van der Waals surface area contributed by atoms with Crippen molar-refractivity contribution in [3.8, 4) is 11.1 Å². The average molecular weight is 326 g/mol. The summed E-state index contributed by atoms with van der Waals surface area (Å²) >= 11 is 0. The van der Waals surface area contributed by atoms with Gasteiger partial charge in [0.25, 0.3) is 0 Å². The molecule has 2 aromatic heterocycles. The van der Waals surface area contributed by atoms with Crippen molar-refractivity contribution in [1.82, 2.24) is 19.9 Å². The van der Waals surface area contributed by atoms with Crippen LogP contribution in [0.3, 0.4) is 0 Å². The van der Waals surface area contributed by atoms with Gasteiger partial charge in [-0.2, -0.15) is 9.50 Å². The highest BCUT2D eigenvalue weighted by molar-refractivity contribution is 5.79. The van der Waals surface area contributed by atoms with Crippen LogP contribution in [0.5, 0.6) is 0 Å². The molecule has 3 heterocycles. The molecule has 0 aliphatic carbocycles. The van der Waals surface area contributed by atoms with Gasteiger partial charge in [-0.25, -0.2) is 4.39 Å². The molecule has 0 radical (unpaired) electrons. The monoisotopic (exact) mass is 326 g/mol. The van der Waals surface area contributed by atoms with Crippen molar-refractivity contribution in [1.29, 1.82) is 0 Å². The largest absolute Gasteiger partial charge is 0.366 e. The van der Waals surface area contributed by atoms with Gasteiger partial charge < -0.3 is 16.4 Å². The Morgan fingerprint density at radius 2 is 2.04 bits per heavy atom. The Morgan fingerprint density at radius 3 is 2.79 bits per heavy atom. The number of piperidine rings is 1. The number of nitrogens with two attached hydrogens (primary N) is 1. The lowest BCUT2D eigenvalue weighted by Crippen LogP contribution is -2.38. The summed E-state index contributed by atoms with van der Waals surface area (Å²) in [5, 5.41) is 11.2. The predicted molar refractivity (Wildman–Crippen MR) is 92.3 cm³/mol. The van der Waals surface area contributed by atoms with Crippen LogP contribution in [0.15, 0.2) is 36.4 Å². The minimum atomic E-state index is -0.265. The van der Waals surface area contributed by atoms with Gasteiger partial charge in [-0.15, -0.1) is 5.10 Å². The van der Waals surface area contributed by atoms with Crippen LogP contribution in [0.1, 0.15) is 12.8 Å². The van der Waals surface area contributed by atoms with E-state index < -0.39 is 0 Å². The number of rotatable bonds is 3. The smallest absolute Gasteiger partial charge is 0.240 e. The first-order valence-corrected chi connectivity index (χ1v) is 8.09. The van der Waals surface area contributed by atoms with E-state index >= 15 is 0 Å². The molecule has 1 atom stereocenters. The van der Waals surface area contributed by atoms with E-state index in [9.17, 15) is 4.39 Å². The second kappa shape index (κ2) is 6.09. The number of nitrogens with one attached hydrogen (secondary N) is 2. The second-order valence-corrected chi connectivity index (χ2v) is 6.03. The molecule has 3 aromatic rings. The molecule has 7 heteroatoms. The van der Waals surface area contributed by atoms with Gasteiger partial charge in [0, 0.05) is 18.2 Å². The summed E-state index contributed by atoms with van der Waals surface area (Å²) in [5.41, 5.74) is 8.22. The van der Waals surface area contributed by atoms with Crippen molar-refractivity contribution in [2.24, 2.45) is 0 Å². The number of anilines is 2. The second-order valence-electron chi connectivity index (χ2n) is 6.03. The third kappa shape index (κ3) is 2.78. The highest BCUT2D eigenvalue weighted by atomic mass is 19.1. The number of hydrogen-bond acceptors (Lipinski definition) is 5. The molecule has 0 amide bonds. The van der Waals surface area contributed by atoms with E-state index in [4.69, 9.17) is 5.73 Å². The van der Waals surface area contributed by atoms with Crippen LogP contribution in [-0.4, -0.2) is 33.7 Å². The molecule has 0 saturated carbocycles. The van der Waals surface area contributed by atoms with E-state index in [2.05, 4.69) is 20.7 Å². The van der Waals surface area contributed by atoms with E-state index in [0.29, 0.717) is 11.7 Å². The molecule has 1 aromatic carbocycles. The summed E-state index contributed by atoms with van der Waals surface area (Å²) in [4.78, 5) is 4.35. The number of halogens is 1. The molecule has 124 valence electrons. The van der Waals surface area contributed by atoms with Gasteiger partial charge in [0.2, 0.25) is 5.95 Å². The molecule has 1 unspecified atom stereocenters. The summed E-state index contributed by atoms with van der Waals surface area (Å²) in [5.74, 6) is 0.807. The summed E-state index contributed by atoms with van der Waals surface area (Å²) in [6, 6.07) is 10.6. The van der Waals surface area contributed by atoms with Crippen LogP contribution in [0.4, 0.5) is 16.2 Å². The number of nitrogens with zero attached hydrogens (tertiary/aromatic N) is 3. The van der Waals surface area contributed by atoms with Gasteiger partial charge in [-0.1, -0.05) is 12.1 Å². The molecular weight excluding hydrogens is 307 g/mol. The average Bonchev–Trinajstić information content (AvgIpc) is 2.99. The van der Waals surface area contributed by atoms with Crippen molar-refractivity contribution in [2.45, 2.75) is 18.9 Å². The topological polar surface area (TPSA) is 80.3 Å². The fraction of sp³-hybridized carbons (Fsp3) is 0.294. The first-order chi connectivity index (χ1) is 11.7. The molecule has 6 nitrogen and oxygen atoms in total. The van der Waals surface area contributed by atoms with Crippen LogP contribution in [0, 0.1) is 5.82 Å². The minimum Gasteiger partial charge on any atom is -0.366 e. The maximum Gasteiger partial charge on any atom is 0.240 e. The Morgan fingerprint density at radius 1 is 1.21 bits per heavy atom. The van der Waals surface area contributed by atoms with E-state index in [1.165, 1.54) is 12.1 Å². The Balaban J connectivity index is 1.75. The normalized spacial score (nSPS) is 18.0. The van der Waals surface area contributed by atoms with E-state index in [-0.39, 0.29) is 11.8 Å². The van der Waals surface area contributed by atoms with Crippen LogP contribution in [0.25, 0.3) is 16.8 Å². The Bertz CT molecular complexity index is 851. The molecule has 4 N–H and O–H groups in total. The van der Waals surface area contributed by atoms with Crippen LogP contribution in [0.2, 0.25) is 0 Å². The van der Waals surface area contributed by atoms with Gasteiger partial charge in [-0.3, -0.25) is 0 Å². The van der Waals surface area contributed by atoms with E-state index in [0.717, 1.165) is 42.9 Å². The summed E-state index contributed by atoms with van der Waals surface area (Å²) in [6.45, 7) is 1.98. The number of pyridine rings is 1. The molecule has 1 aliphatic rings. The molecule has 0 bridgehead atoms. The predicted octanol–water partition coefficient (Wildman–Crippen LogP) is 2.28. The number of aromatic nitrogens is 3. The molecular formula is C17H19FN6. The molecule has 4 rings (SSSR count). The van der Waals surface area contributed by atoms with Crippen molar-refractivity contribution in [2.75, 3.05) is 24.1 Å². The van der Waals surface area contributed by atoms with E-state index in [1.807, 2.05) is 12.1 Å². The first-order valence-electron chi connectivity index (χ1n) is 8.09. The number of nitrogen functional groups attached to an aromatic ring is 1. The highest BCUT2D eigenvalue weighted by Gasteiger charge is 2.17. The SMILES string of the molecule is Nc1nc2c(-c3ccc(F)cc3)ccc(NC3CCCNC3)n2n1. The third-order valence-corrected chi connectivity index (χ3v) is 4.30. The zero-order valence-electron chi connectivity index (χ0n) is 13.2. The molecule has 0 spiro atoms. The molecule has 1 saturated heterocycles. The van der Waals surface area contributed by atoms with Crippen LogP contribution >= 0.6 is 0 Å². The van der Waals surface area contributed by atoms with Gasteiger partial charge in [0.05, 0.1) is 0 Å². The summed E-state index contributed by atoms with van der Waals surface area (Å²) in [7, 11) is 0. The van der Waals surface area contributed by atoms with Gasteiger partial charge >= 0.3 is 0 Å². The fourth-order valence-electron chi connectivity index (χ4n) is 3.13. The van der Waals surface area contributed by atoms with Crippen molar-refractivity contribution < 1.29 is 4.39 Å². The Labute approximate surface area is 138 Å². The van der Waals surface area contributed by atoms with E-state index in [1.54, 1.807) is 16.6 Å². The third-order valence-electron chi connectivity index (χ3n) is 4.30. The maximum atomic E-state index is 13.2. The van der Waals surface area contributed by atoms with Gasteiger partial charge in [0.15, 0.2) is 5.65 Å². The minimum absolute atomic E-state index is 0.217. The zero-order valence-corrected chi connectivity index (χ0v) is 13.2. The highest BCUT2D eigenvalue weighted by Crippen LogP contribution is 2.27. The first kappa shape index (κ1) is 14.9. The summed E-state index contributed by atoms with van der Waals surface area (Å²) in [6.07, 6.45) is 2.26. The number of benzene rings is 1. The molecule has 1 fully saturated rings. The number of fused-ring (bicyclic) bond motifs is 1. The van der Waals surface area contributed by atoms with Crippen molar-refractivity contribution in [3.05, 3.63) is 42.2 Å². The Hall–Kier alpha value is -2.67. The lowest BCUT2D eigenvalue weighted by Gasteiger charge is -2.25. The van der Waals surface area contributed by atoms with Crippen molar-refractivity contribution in [3.63, 3.8) is 0 Å².